The topological polar surface area (TPSA) is 83.8 Å². The lowest BCUT2D eigenvalue weighted by molar-refractivity contribution is -0.138. The van der Waals surface area contributed by atoms with Crippen LogP contribution in [0, 0.1) is 0 Å². The van der Waals surface area contributed by atoms with Gasteiger partial charge < -0.3 is 14.9 Å². The van der Waals surface area contributed by atoms with Crippen molar-refractivity contribution in [3.8, 4) is 0 Å². The van der Waals surface area contributed by atoms with Crippen molar-refractivity contribution in [1.29, 1.82) is 0 Å². The third kappa shape index (κ3) is 40.1. The summed E-state index contributed by atoms with van der Waals surface area (Å²) in [6, 6.07) is 0. The number of rotatable bonds is 28. The third-order valence-electron chi connectivity index (χ3n) is 6.52. The number of carboxylic acids is 2. The normalized spacial score (nSPS) is 10.7. The van der Waals surface area contributed by atoms with Crippen molar-refractivity contribution in [3.63, 3.8) is 0 Å². The molecule has 0 bridgehead atoms. The smallest absolute Gasteiger partial charge is 0.303 e. The van der Waals surface area contributed by atoms with Gasteiger partial charge in [-0.15, -0.1) is 0 Å². The lowest BCUT2D eigenvalue weighted by Gasteiger charge is -2.03. The molecule has 0 aromatic rings. The molecule has 0 aliphatic heterocycles. The van der Waals surface area contributed by atoms with Crippen LogP contribution in [0.1, 0.15) is 174 Å². The Morgan fingerprint density at radius 2 is 0.722 bits per heavy atom. The fourth-order valence-corrected chi connectivity index (χ4v) is 4.26. The molecule has 0 aliphatic rings. The summed E-state index contributed by atoms with van der Waals surface area (Å²) in [5.74, 6) is -1.32. The van der Waals surface area contributed by atoms with Crippen LogP contribution in [-0.2, 0) is 14.3 Å². The summed E-state index contributed by atoms with van der Waals surface area (Å²) in [7, 11) is 0. The van der Waals surface area contributed by atoms with Crippen LogP contribution in [-0.4, -0.2) is 35.4 Å². The Kier molecular flexibility index (Phi) is 34.9. The molecular formula is C31H62O5. The standard InChI is InChI=1S/C16H32O2.C15H30O3/c1-2-3-4-5-6-7-8-9-10-11-12-13-14-15-16(17)18;1-2-13-18-14-11-9-7-5-3-4-6-8-10-12-15(16)17/h2-15H2,1H3,(H,17,18);2-14H2,1H3,(H,16,17). The largest absolute Gasteiger partial charge is 0.481 e. The molecule has 0 rings (SSSR count). The Balaban J connectivity index is 0. The SMILES string of the molecule is CCCCCCCCCCCCCCCC(=O)O.CCCOCCCCCCCCCCCC(=O)O. The van der Waals surface area contributed by atoms with Crippen molar-refractivity contribution < 1.29 is 24.5 Å². The van der Waals surface area contributed by atoms with Crippen molar-refractivity contribution in [1.82, 2.24) is 0 Å². The van der Waals surface area contributed by atoms with Crippen molar-refractivity contribution in [2.45, 2.75) is 174 Å². The number of ether oxygens (including phenoxy) is 1. The van der Waals surface area contributed by atoms with Crippen LogP contribution in [0.3, 0.4) is 0 Å². The molecule has 0 radical (unpaired) electrons. The Morgan fingerprint density at radius 1 is 0.417 bits per heavy atom. The van der Waals surface area contributed by atoms with Crippen LogP contribution in [0.2, 0.25) is 0 Å². The van der Waals surface area contributed by atoms with Crippen molar-refractivity contribution in [3.05, 3.63) is 0 Å². The molecule has 0 atom stereocenters. The van der Waals surface area contributed by atoms with Gasteiger partial charge in [0.15, 0.2) is 0 Å². The van der Waals surface area contributed by atoms with Crippen LogP contribution < -0.4 is 0 Å². The summed E-state index contributed by atoms with van der Waals surface area (Å²) in [6.07, 6.45) is 29.5. The second-order valence-electron chi connectivity index (χ2n) is 10.3. The number of carboxylic acid groups (broad SMARTS) is 2. The number of hydrogen-bond donors (Lipinski definition) is 2. The van der Waals surface area contributed by atoms with E-state index in [1.165, 1.54) is 116 Å². The highest BCUT2D eigenvalue weighted by molar-refractivity contribution is 5.66. The lowest BCUT2D eigenvalue weighted by Crippen LogP contribution is -1.95. The molecule has 0 saturated carbocycles. The first-order valence-electron chi connectivity index (χ1n) is 15.6. The molecule has 0 saturated heterocycles. The van der Waals surface area contributed by atoms with Crippen LogP contribution in [0.5, 0.6) is 0 Å². The number of unbranched alkanes of at least 4 members (excludes halogenated alkanes) is 20. The Bertz CT molecular complexity index is 399. The molecule has 0 fully saturated rings. The maximum Gasteiger partial charge on any atom is 0.303 e. The summed E-state index contributed by atoms with van der Waals surface area (Å²) >= 11 is 0. The first-order valence-corrected chi connectivity index (χ1v) is 15.6. The average Bonchev–Trinajstić information content (AvgIpc) is 2.85. The molecule has 0 heterocycles. The lowest BCUT2D eigenvalue weighted by atomic mass is 10.0. The van der Waals surface area contributed by atoms with Gasteiger partial charge in [0.25, 0.3) is 0 Å². The van der Waals surface area contributed by atoms with E-state index in [2.05, 4.69) is 13.8 Å². The molecule has 0 unspecified atom stereocenters. The molecule has 0 aliphatic carbocycles. The van der Waals surface area contributed by atoms with E-state index in [0.717, 1.165) is 45.3 Å². The van der Waals surface area contributed by atoms with Gasteiger partial charge in [-0.05, 0) is 25.7 Å². The molecule has 5 nitrogen and oxygen atoms in total. The minimum absolute atomic E-state index is 0.331. The average molecular weight is 515 g/mol. The fourth-order valence-electron chi connectivity index (χ4n) is 4.26. The molecule has 0 aromatic heterocycles. The van der Waals surface area contributed by atoms with E-state index in [-0.39, 0.29) is 0 Å². The highest BCUT2D eigenvalue weighted by Gasteiger charge is 1.98. The zero-order valence-corrected chi connectivity index (χ0v) is 24.2. The predicted molar refractivity (Wildman–Crippen MR) is 153 cm³/mol. The zero-order valence-electron chi connectivity index (χ0n) is 24.2. The van der Waals surface area contributed by atoms with Gasteiger partial charge in [0, 0.05) is 26.1 Å². The quantitative estimate of drug-likeness (QED) is 0.101. The summed E-state index contributed by atoms with van der Waals surface area (Å²) in [4.78, 5) is 20.6. The van der Waals surface area contributed by atoms with Crippen LogP contribution >= 0.6 is 0 Å². The first-order chi connectivity index (χ1) is 17.5. The van der Waals surface area contributed by atoms with Gasteiger partial charge in [-0.25, -0.2) is 0 Å². The van der Waals surface area contributed by atoms with E-state index in [4.69, 9.17) is 14.9 Å². The van der Waals surface area contributed by atoms with E-state index < -0.39 is 11.9 Å². The molecular weight excluding hydrogens is 452 g/mol. The Morgan fingerprint density at radius 3 is 1.03 bits per heavy atom. The fraction of sp³-hybridized carbons (Fsp3) is 0.935. The minimum atomic E-state index is -0.666. The summed E-state index contributed by atoms with van der Waals surface area (Å²) in [5.41, 5.74) is 0. The summed E-state index contributed by atoms with van der Waals surface area (Å²) < 4.78 is 5.43. The van der Waals surface area contributed by atoms with Gasteiger partial charge in [-0.2, -0.15) is 0 Å². The maximum atomic E-state index is 10.3. The van der Waals surface area contributed by atoms with Crippen molar-refractivity contribution >= 4 is 11.9 Å². The number of carbonyl (C=O) groups is 2. The van der Waals surface area contributed by atoms with Gasteiger partial charge in [-0.3, -0.25) is 9.59 Å². The molecule has 36 heavy (non-hydrogen) atoms. The molecule has 216 valence electrons. The maximum absolute atomic E-state index is 10.3. The van der Waals surface area contributed by atoms with E-state index in [1.54, 1.807) is 0 Å². The molecule has 0 spiro atoms. The van der Waals surface area contributed by atoms with Gasteiger partial charge in [0.2, 0.25) is 0 Å². The number of hydrogen-bond acceptors (Lipinski definition) is 3. The summed E-state index contributed by atoms with van der Waals surface area (Å²) in [5, 5.41) is 17.0. The van der Waals surface area contributed by atoms with Crippen molar-refractivity contribution in [2.75, 3.05) is 13.2 Å². The van der Waals surface area contributed by atoms with Gasteiger partial charge >= 0.3 is 11.9 Å². The second kappa shape index (κ2) is 33.9. The monoisotopic (exact) mass is 514 g/mol. The van der Waals surface area contributed by atoms with E-state index in [0.29, 0.717) is 12.8 Å². The molecule has 0 aromatic carbocycles. The van der Waals surface area contributed by atoms with E-state index >= 15 is 0 Å². The summed E-state index contributed by atoms with van der Waals surface area (Å²) in [6.45, 7) is 6.21. The van der Waals surface area contributed by atoms with Gasteiger partial charge in [0.1, 0.15) is 0 Å². The van der Waals surface area contributed by atoms with Gasteiger partial charge in [0.05, 0.1) is 0 Å². The van der Waals surface area contributed by atoms with E-state index in [9.17, 15) is 9.59 Å². The van der Waals surface area contributed by atoms with Crippen LogP contribution in [0.25, 0.3) is 0 Å². The van der Waals surface area contributed by atoms with E-state index in [1.807, 2.05) is 0 Å². The highest BCUT2D eigenvalue weighted by Crippen LogP contribution is 2.13. The second-order valence-corrected chi connectivity index (χ2v) is 10.3. The molecule has 0 amide bonds. The highest BCUT2D eigenvalue weighted by atomic mass is 16.5. The minimum Gasteiger partial charge on any atom is -0.481 e. The number of aliphatic carboxylic acids is 2. The molecule has 5 heteroatoms. The Hall–Kier alpha value is -1.10. The van der Waals surface area contributed by atoms with Crippen LogP contribution in [0.15, 0.2) is 0 Å². The first kappa shape index (κ1) is 37.1. The predicted octanol–water partition coefficient (Wildman–Crippen LogP) is 9.95. The Labute approximate surface area is 224 Å². The zero-order chi connectivity index (χ0) is 27.0. The van der Waals surface area contributed by atoms with Crippen LogP contribution in [0.4, 0.5) is 0 Å². The van der Waals surface area contributed by atoms with Crippen molar-refractivity contribution in [2.24, 2.45) is 0 Å². The molecule has 2 N–H and O–H groups in total. The third-order valence-corrected chi connectivity index (χ3v) is 6.52. The van der Waals surface area contributed by atoms with Gasteiger partial charge in [-0.1, -0.05) is 136 Å².